The molecule has 2 bridgehead atoms. The molecule has 5 aliphatic heterocycles. The van der Waals surface area contributed by atoms with Gasteiger partial charge in [-0.25, -0.2) is 13.6 Å². The summed E-state index contributed by atoms with van der Waals surface area (Å²) in [5, 5.41) is 0.492. The summed E-state index contributed by atoms with van der Waals surface area (Å²) in [6, 6.07) is 1.26. The molecule has 216 valence electrons. The molecule has 4 fully saturated rings. The molecule has 0 unspecified atom stereocenters. The topological polar surface area (TPSA) is 80.3 Å². The van der Waals surface area contributed by atoms with Crippen molar-refractivity contribution in [1.82, 2.24) is 19.8 Å². The van der Waals surface area contributed by atoms with E-state index in [-0.39, 0.29) is 52.4 Å². The first-order valence-corrected chi connectivity index (χ1v) is 14.9. The second-order valence-electron chi connectivity index (χ2n) is 12.8. The molecule has 5 aliphatic rings. The molecule has 1 amide bonds. The lowest BCUT2D eigenvalue weighted by molar-refractivity contribution is 0.00545. The highest BCUT2D eigenvalue weighted by molar-refractivity contribution is 9.10. The maximum absolute atomic E-state index is 15.6. The number of fused-ring (bicyclic) bond motifs is 6. The van der Waals surface area contributed by atoms with Gasteiger partial charge in [0, 0.05) is 19.5 Å². The van der Waals surface area contributed by atoms with Crippen LogP contribution in [-0.2, 0) is 4.74 Å². The van der Waals surface area contributed by atoms with E-state index in [0.29, 0.717) is 43.1 Å². The number of hydrogen-bond acceptors (Lipinski definition) is 8. The summed E-state index contributed by atoms with van der Waals surface area (Å²) in [4.78, 5) is 28.7. The van der Waals surface area contributed by atoms with Gasteiger partial charge in [-0.15, -0.1) is 0 Å². The van der Waals surface area contributed by atoms with Crippen LogP contribution in [0.4, 0.5) is 19.4 Å². The van der Waals surface area contributed by atoms with Crippen molar-refractivity contribution in [3.63, 3.8) is 0 Å². The average Bonchev–Trinajstić information content (AvgIpc) is 3.48. The van der Waals surface area contributed by atoms with Crippen LogP contribution in [0.1, 0.15) is 52.9 Å². The van der Waals surface area contributed by atoms with Crippen LogP contribution < -0.4 is 14.4 Å². The third kappa shape index (κ3) is 4.19. The molecule has 5 atom stereocenters. The fourth-order valence-corrected chi connectivity index (χ4v) is 7.87. The van der Waals surface area contributed by atoms with Gasteiger partial charge in [-0.2, -0.15) is 9.97 Å². The normalized spacial score (nSPS) is 31.1. The molecule has 1 aromatic carbocycles. The van der Waals surface area contributed by atoms with E-state index in [1.54, 1.807) is 6.07 Å². The molecule has 12 heteroatoms. The third-order valence-electron chi connectivity index (χ3n) is 9.11. The van der Waals surface area contributed by atoms with E-state index in [1.807, 2.05) is 25.7 Å². The number of alkyl halides is 1. The van der Waals surface area contributed by atoms with Crippen LogP contribution in [0.15, 0.2) is 10.5 Å². The van der Waals surface area contributed by atoms with Crippen molar-refractivity contribution in [2.75, 3.05) is 37.7 Å². The van der Waals surface area contributed by atoms with Gasteiger partial charge in [0.25, 0.3) is 0 Å². The van der Waals surface area contributed by atoms with Gasteiger partial charge < -0.3 is 19.1 Å². The van der Waals surface area contributed by atoms with Crippen LogP contribution >= 0.6 is 15.9 Å². The van der Waals surface area contributed by atoms with E-state index >= 15 is 4.39 Å². The Bertz CT molecular complexity index is 1370. The number of anilines is 1. The number of carbonyl (C=O) groups excluding carboxylic acids is 1. The van der Waals surface area contributed by atoms with Crippen molar-refractivity contribution >= 4 is 38.7 Å². The van der Waals surface area contributed by atoms with Crippen molar-refractivity contribution in [2.24, 2.45) is 0 Å². The highest BCUT2D eigenvalue weighted by atomic mass is 79.9. The van der Waals surface area contributed by atoms with Crippen molar-refractivity contribution in [1.29, 1.82) is 0 Å². The Morgan fingerprint density at radius 2 is 2.08 bits per heavy atom. The van der Waals surface area contributed by atoms with Crippen molar-refractivity contribution < 1.29 is 27.8 Å². The Morgan fingerprint density at radius 1 is 1.25 bits per heavy atom. The van der Waals surface area contributed by atoms with E-state index in [9.17, 15) is 9.18 Å². The zero-order valence-electron chi connectivity index (χ0n) is 23.0. The quantitative estimate of drug-likeness (QED) is 0.482. The summed E-state index contributed by atoms with van der Waals surface area (Å²) in [6.45, 7) is 7.92. The lowest BCUT2D eigenvalue weighted by atomic mass is 9.95. The maximum Gasteiger partial charge on any atom is 0.410 e. The summed E-state index contributed by atoms with van der Waals surface area (Å²) in [5.41, 5.74) is -0.867. The van der Waals surface area contributed by atoms with E-state index in [4.69, 9.17) is 19.2 Å². The van der Waals surface area contributed by atoms with Crippen molar-refractivity contribution in [2.45, 2.75) is 88.3 Å². The van der Waals surface area contributed by atoms with Crippen LogP contribution in [0.5, 0.6) is 11.8 Å². The Kier molecular flexibility index (Phi) is 6.13. The van der Waals surface area contributed by atoms with Gasteiger partial charge in [-0.05, 0) is 75.0 Å². The van der Waals surface area contributed by atoms with Gasteiger partial charge in [0.2, 0.25) is 0 Å². The van der Waals surface area contributed by atoms with Gasteiger partial charge in [-0.3, -0.25) is 9.80 Å². The molecule has 0 aliphatic carbocycles. The number of halogens is 3. The fourth-order valence-electron chi connectivity index (χ4n) is 7.47. The molecular formula is C28H34BrF2N5O4. The zero-order valence-corrected chi connectivity index (χ0v) is 24.5. The SMILES string of the molecule is CC(C)(C)OC(=O)N1[C@@H]2CC[C@H]1[C@H]1COc3cc(Br)c(F)c4nc(OC[C@@]56CCCN5C[C@H](F)C6)nc(c34)N1C2. The number of aromatic nitrogens is 2. The van der Waals surface area contributed by atoms with Gasteiger partial charge in [0.05, 0.1) is 33.5 Å². The van der Waals surface area contributed by atoms with Gasteiger partial charge in [0.1, 0.15) is 42.1 Å². The number of nitrogens with zero attached hydrogens (tertiary/aromatic N) is 5. The zero-order chi connectivity index (χ0) is 28.0. The Labute approximate surface area is 240 Å². The van der Waals surface area contributed by atoms with Crippen LogP contribution in [0.2, 0.25) is 0 Å². The molecule has 1 aromatic heterocycles. The van der Waals surface area contributed by atoms with Crippen molar-refractivity contribution in [3.05, 3.63) is 16.4 Å². The van der Waals surface area contributed by atoms with Crippen LogP contribution in [0.3, 0.4) is 0 Å². The Hall–Kier alpha value is -2.47. The standard InChI is InChI=1S/C28H34BrF2N5O4/c1-27(2,3)40-26(37)36-16-5-6-18(36)19-13-38-20-9-17(29)22(31)23-21(20)24(35(19)12-16)33-25(32-23)39-14-28-7-4-8-34(28)11-15(30)10-28/h9,15-16,18-19H,4-8,10-14H2,1-3H3/t15-,16-,18+,19-,28+/m1/s1. The highest BCUT2D eigenvalue weighted by Gasteiger charge is 2.52. The molecule has 4 saturated heterocycles. The van der Waals surface area contributed by atoms with Gasteiger partial charge >= 0.3 is 12.1 Å². The summed E-state index contributed by atoms with van der Waals surface area (Å²) >= 11 is 3.32. The predicted octanol–water partition coefficient (Wildman–Crippen LogP) is 4.84. The van der Waals surface area contributed by atoms with E-state index in [0.717, 1.165) is 32.2 Å². The third-order valence-corrected chi connectivity index (χ3v) is 9.68. The minimum Gasteiger partial charge on any atom is -0.490 e. The number of piperazine rings is 1. The monoisotopic (exact) mass is 621 g/mol. The molecule has 0 saturated carbocycles. The predicted molar refractivity (Wildman–Crippen MR) is 147 cm³/mol. The number of ether oxygens (including phenoxy) is 3. The molecule has 0 spiro atoms. The van der Waals surface area contributed by atoms with Crippen LogP contribution in [-0.4, -0.2) is 94.1 Å². The number of benzene rings is 1. The summed E-state index contributed by atoms with van der Waals surface area (Å²) in [7, 11) is 0. The van der Waals surface area contributed by atoms with Gasteiger partial charge in [-0.1, -0.05) is 0 Å². The molecular weight excluding hydrogens is 588 g/mol. The maximum atomic E-state index is 15.6. The summed E-state index contributed by atoms with van der Waals surface area (Å²) in [6.07, 6.45) is 2.70. The molecule has 0 radical (unpaired) electrons. The molecule has 7 rings (SSSR count). The molecule has 2 aromatic rings. The molecule has 6 heterocycles. The summed E-state index contributed by atoms with van der Waals surface area (Å²) < 4.78 is 48.4. The number of amides is 1. The highest BCUT2D eigenvalue weighted by Crippen LogP contribution is 2.46. The van der Waals surface area contributed by atoms with E-state index < -0.39 is 17.6 Å². The number of carbonyl (C=O) groups is 1. The second kappa shape index (κ2) is 9.27. The molecule has 0 N–H and O–H groups in total. The molecule has 40 heavy (non-hydrogen) atoms. The summed E-state index contributed by atoms with van der Waals surface area (Å²) in [5.74, 6) is 0.505. The van der Waals surface area contributed by atoms with E-state index in [1.165, 1.54) is 0 Å². The van der Waals surface area contributed by atoms with E-state index in [2.05, 4.69) is 30.7 Å². The fraction of sp³-hybridized carbons (Fsp3) is 0.679. The average molecular weight is 623 g/mol. The molecule has 9 nitrogen and oxygen atoms in total. The first-order chi connectivity index (χ1) is 19.0. The van der Waals surface area contributed by atoms with Crippen molar-refractivity contribution in [3.8, 4) is 11.8 Å². The first kappa shape index (κ1) is 26.4. The minimum absolute atomic E-state index is 0.0663. The van der Waals surface area contributed by atoms with Crippen LogP contribution in [0, 0.1) is 5.82 Å². The Balaban J connectivity index is 1.26. The number of hydrogen-bond donors (Lipinski definition) is 0. The Morgan fingerprint density at radius 3 is 2.88 bits per heavy atom. The minimum atomic E-state index is -0.878. The lowest BCUT2D eigenvalue weighted by Crippen LogP contribution is -2.63. The van der Waals surface area contributed by atoms with Gasteiger partial charge in [0.15, 0.2) is 5.82 Å². The smallest absolute Gasteiger partial charge is 0.410 e. The second-order valence-corrected chi connectivity index (χ2v) is 13.7. The lowest BCUT2D eigenvalue weighted by Gasteiger charge is -2.46. The largest absolute Gasteiger partial charge is 0.490 e. The number of rotatable bonds is 3. The van der Waals surface area contributed by atoms with Crippen LogP contribution in [0.25, 0.3) is 10.9 Å². The first-order valence-electron chi connectivity index (χ1n) is 14.2.